The zero-order valence-electron chi connectivity index (χ0n) is 17.3. The highest BCUT2D eigenvalue weighted by Gasteiger charge is 2.25. The van der Waals surface area contributed by atoms with E-state index in [1.54, 1.807) is 0 Å². The number of ether oxygens (including phenoxy) is 2. The molecule has 2 aromatic carbocycles. The SMILES string of the molecule is COCC(=O)c1cccc(NC(=O)c2nn(COC)cc2C(F)F)c1-c1ccc(F)cc1. The molecule has 10 heteroatoms. The lowest BCUT2D eigenvalue weighted by molar-refractivity contribution is 0.0848. The Labute approximate surface area is 181 Å². The Kier molecular flexibility index (Phi) is 7.39. The third-order valence-corrected chi connectivity index (χ3v) is 4.52. The van der Waals surface area contributed by atoms with Crippen molar-refractivity contribution in [3.63, 3.8) is 0 Å². The van der Waals surface area contributed by atoms with Crippen molar-refractivity contribution in [3.05, 3.63) is 71.3 Å². The number of hydrogen-bond donors (Lipinski definition) is 1. The summed E-state index contributed by atoms with van der Waals surface area (Å²) in [7, 11) is 2.73. The Morgan fingerprint density at radius 1 is 1.09 bits per heavy atom. The van der Waals surface area contributed by atoms with E-state index in [4.69, 9.17) is 9.47 Å². The molecule has 0 saturated carbocycles. The highest BCUT2D eigenvalue weighted by molar-refractivity contribution is 6.10. The van der Waals surface area contributed by atoms with Crippen LogP contribution in [0.3, 0.4) is 0 Å². The van der Waals surface area contributed by atoms with Crippen LogP contribution in [0.15, 0.2) is 48.7 Å². The molecule has 168 valence electrons. The van der Waals surface area contributed by atoms with Crippen molar-refractivity contribution in [2.75, 3.05) is 26.1 Å². The Bertz CT molecular complexity index is 1110. The van der Waals surface area contributed by atoms with E-state index in [1.807, 2.05) is 0 Å². The Hall–Kier alpha value is -3.50. The van der Waals surface area contributed by atoms with E-state index in [-0.39, 0.29) is 30.4 Å². The first kappa shape index (κ1) is 23.2. The zero-order chi connectivity index (χ0) is 23.3. The summed E-state index contributed by atoms with van der Waals surface area (Å²) in [6, 6.07) is 9.88. The highest BCUT2D eigenvalue weighted by atomic mass is 19.3. The van der Waals surface area contributed by atoms with E-state index in [1.165, 1.54) is 56.7 Å². The quantitative estimate of drug-likeness (QED) is 0.495. The van der Waals surface area contributed by atoms with Crippen LogP contribution in [0.4, 0.5) is 18.9 Å². The van der Waals surface area contributed by atoms with Crippen LogP contribution in [-0.4, -0.2) is 42.3 Å². The first-order valence-electron chi connectivity index (χ1n) is 9.42. The summed E-state index contributed by atoms with van der Waals surface area (Å²) in [5, 5.41) is 6.43. The number of aromatic nitrogens is 2. The second-order valence-corrected chi connectivity index (χ2v) is 6.74. The molecule has 1 aromatic heterocycles. The van der Waals surface area contributed by atoms with E-state index in [0.717, 1.165) is 10.9 Å². The molecule has 0 radical (unpaired) electrons. The molecule has 0 aliphatic rings. The van der Waals surface area contributed by atoms with E-state index in [0.29, 0.717) is 11.1 Å². The topological polar surface area (TPSA) is 82.5 Å². The molecule has 1 heterocycles. The van der Waals surface area contributed by atoms with Gasteiger partial charge in [-0.25, -0.2) is 17.9 Å². The number of amides is 1. The van der Waals surface area contributed by atoms with Crippen LogP contribution in [0.5, 0.6) is 0 Å². The average Bonchev–Trinajstić information content (AvgIpc) is 3.19. The van der Waals surface area contributed by atoms with Crippen LogP contribution >= 0.6 is 0 Å². The van der Waals surface area contributed by atoms with Crippen molar-refractivity contribution < 1.29 is 32.2 Å². The van der Waals surface area contributed by atoms with Crippen LogP contribution in [0.1, 0.15) is 32.8 Å². The van der Waals surface area contributed by atoms with Crippen LogP contribution in [0.2, 0.25) is 0 Å². The Balaban J connectivity index is 2.06. The van der Waals surface area contributed by atoms with E-state index >= 15 is 0 Å². The number of carbonyl (C=O) groups excluding carboxylic acids is 2. The predicted molar refractivity (Wildman–Crippen MR) is 110 cm³/mol. The molecule has 1 amide bonds. The average molecular weight is 447 g/mol. The van der Waals surface area contributed by atoms with Gasteiger partial charge in [0.2, 0.25) is 0 Å². The standard InChI is InChI=1S/C22H20F3N3O4/c1-31-11-18(29)15-4-3-5-17(19(15)13-6-8-14(23)9-7-13)26-22(30)20-16(21(24)25)10-28(27-20)12-32-2/h3-10,21H,11-12H2,1-2H3,(H,26,30). The second-order valence-electron chi connectivity index (χ2n) is 6.74. The minimum absolute atomic E-state index is 0.116. The van der Waals surface area contributed by atoms with Crippen LogP contribution in [0.25, 0.3) is 11.1 Å². The number of alkyl halides is 2. The zero-order valence-corrected chi connectivity index (χ0v) is 17.3. The lowest BCUT2D eigenvalue weighted by atomic mass is 9.95. The number of nitrogens with one attached hydrogen (secondary N) is 1. The molecule has 0 aliphatic heterocycles. The van der Waals surface area contributed by atoms with Crippen molar-refractivity contribution in [1.82, 2.24) is 9.78 Å². The van der Waals surface area contributed by atoms with Crippen LogP contribution in [-0.2, 0) is 16.2 Å². The third-order valence-electron chi connectivity index (χ3n) is 4.52. The number of methoxy groups -OCH3 is 2. The fourth-order valence-electron chi connectivity index (χ4n) is 3.18. The van der Waals surface area contributed by atoms with Gasteiger partial charge in [0.25, 0.3) is 12.3 Å². The normalized spacial score (nSPS) is 11.1. The van der Waals surface area contributed by atoms with Gasteiger partial charge >= 0.3 is 0 Å². The number of hydrogen-bond acceptors (Lipinski definition) is 5. The van der Waals surface area contributed by atoms with Gasteiger partial charge in [-0.3, -0.25) is 9.59 Å². The molecule has 0 bridgehead atoms. The molecule has 1 N–H and O–H groups in total. The summed E-state index contributed by atoms with van der Waals surface area (Å²) in [6.07, 6.45) is -1.91. The number of ketones is 1. The molecule has 7 nitrogen and oxygen atoms in total. The van der Waals surface area contributed by atoms with Crippen molar-refractivity contribution in [2.45, 2.75) is 13.2 Å². The summed E-state index contributed by atoms with van der Waals surface area (Å²) in [4.78, 5) is 25.5. The van der Waals surface area contributed by atoms with Gasteiger partial charge in [-0.1, -0.05) is 24.3 Å². The van der Waals surface area contributed by atoms with Gasteiger partial charge in [-0.15, -0.1) is 0 Å². The van der Waals surface area contributed by atoms with Crippen molar-refractivity contribution in [2.24, 2.45) is 0 Å². The molecule has 0 saturated heterocycles. The molecule has 0 aliphatic carbocycles. The smallest absolute Gasteiger partial charge is 0.276 e. The lowest BCUT2D eigenvalue weighted by Gasteiger charge is -2.15. The van der Waals surface area contributed by atoms with Crippen molar-refractivity contribution in [3.8, 4) is 11.1 Å². The molecule has 0 unspecified atom stereocenters. The van der Waals surface area contributed by atoms with Gasteiger partial charge in [0.05, 0.1) is 5.56 Å². The molecular formula is C22H20F3N3O4. The monoisotopic (exact) mass is 447 g/mol. The van der Waals surface area contributed by atoms with E-state index in [2.05, 4.69) is 10.4 Å². The minimum Gasteiger partial charge on any atom is -0.377 e. The third kappa shape index (κ3) is 5.04. The summed E-state index contributed by atoms with van der Waals surface area (Å²) >= 11 is 0. The van der Waals surface area contributed by atoms with Gasteiger partial charge in [-0.2, -0.15) is 5.10 Å². The largest absolute Gasteiger partial charge is 0.377 e. The summed E-state index contributed by atoms with van der Waals surface area (Å²) in [6.45, 7) is -0.336. The van der Waals surface area contributed by atoms with Gasteiger partial charge in [-0.05, 0) is 23.8 Å². The molecule has 3 aromatic rings. The number of nitrogens with zero attached hydrogens (tertiary/aromatic N) is 2. The number of halogens is 3. The lowest BCUT2D eigenvalue weighted by Crippen LogP contribution is -2.17. The van der Waals surface area contributed by atoms with Gasteiger partial charge < -0.3 is 14.8 Å². The number of benzene rings is 2. The molecular weight excluding hydrogens is 427 g/mol. The first-order valence-corrected chi connectivity index (χ1v) is 9.42. The fraction of sp³-hybridized carbons (Fsp3) is 0.227. The Morgan fingerprint density at radius 3 is 2.44 bits per heavy atom. The van der Waals surface area contributed by atoms with Gasteiger partial charge in [0.15, 0.2) is 11.5 Å². The maximum Gasteiger partial charge on any atom is 0.276 e. The highest BCUT2D eigenvalue weighted by Crippen LogP contribution is 2.33. The summed E-state index contributed by atoms with van der Waals surface area (Å²) < 4.78 is 51.2. The fourth-order valence-corrected chi connectivity index (χ4v) is 3.18. The van der Waals surface area contributed by atoms with Gasteiger partial charge in [0.1, 0.15) is 19.2 Å². The van der Waals surface area contributed by atoms with E-state index in [9.17, 15) is 22.8 Å². The summed E-state index contributed by atoms with van der Waals surface area (Å²) in [5.41, 5.74) is 0.101. The molecule has 3 rings (SSSR count). The van der Waals surface area contributed by atoms with Crippen molar-refractivity contribution in [1.29, 1.82) is 0 Å². The number of rotatable bonds is 9. The summed E-state index contributed by atoms with van der Waals surface area (Å²) in [5.74, 6) is -1.75. The first-order chi connectivity index (χ1) is 15.3. The second kappa shape index (κ2) is 10.2. The maximum atomic E-state index is 13.5. The molecule has 0 fully saturated rings. The minimum atomic E-state index is -2.94. The number of carbonyl (C=O) groups is 2. The Morgan fingerprint density at radius 2 is 1.81 bits per heavy atom. The van der Waals surface area contributed by atoms with Crippen LogP contribution < -0.4 is 5.32 Å². The van der Waals surface area contributed by atoms with Crippen molar-refractivity contribution >= 4 is 17.4 Å². The number of anilines is 1. The van der Waals surface area contributed by atoms with Crippen LogP contribution in [0, 0.1) is 5.82 Å². The molecule has 0 atom stereocenters. The molecule has 32 heavy (non-hydrogen) atoms. The number of Topliss-reactive ketones (excluding diaryl/α,β-unsaturated/α-hetero) is 1. The van der Waals surface area contributed by atoms with E-state index < -0.39 is 29.4 Å². The molecule has 0 spiro atoms. The van der Waals surface area contributed by atoms with Gasteiger partial charge in [0, 0.05) is 37.2 Å². The maximum absolute atomic E-state index is 13.5. The predicted octanol–water partition coefficient (Wildman–Crippen LogP) is 4.31.